The molecule has 44 heavy (non-hydrogen) atoms. The minimum atomic E-state index is 0.0239. The van der Waals surface area contributed by atoms with Crippen LogP contribution in [0.15, 0.2) is 89.4 Å². The van der Waals surface area contributed by atoms with E-state index in [1.54, 1.807) is 0 Å². The lowest BCUT2D eigenvalue weighted by atomic mass is 9.72. The van der Waals surface area contributed by atoms with Gasteiger partial charge in [0, 0.05) is 33.7 Å². The van der Waals surface area contributed by atoms with Gasteiger partial charge in [0.05, 0.1) is 34.7 Å². The molecule has 5 aromatic rings. The molecule has 0 fully saturated rings. The van der Waals surface area contributed by atoms with Crippen molar-refractivity contribution in [3.63, 3.8) is 0 Å². The van der Waals surface area contributed by atoms with Crippen LogP contribution >= 0.6 is 0 Å². The highest BCUT2D eigenvalue weighted by molar-refractivity contribution is 5.93. The van der Waals surface area contributed by atoms with Crippen molar-refractivity contribution in [2.45, 2.75) is 50.9 Å². The number of nitriles is 1. The number of rotatable bonds is 2. The van der Waals surface area contributed by atoms with E-state index in [0.717, 1.165) is 30.0 Å². The summed E-state index contributed by atoms with van der Waals surface area (Å²) in [7, 11) is 0. The number of para-hydroxylation sites is 1. The Morgan fingerprint density at radius 1 is 0.841 bits per heavy atom. The fraction of sp³-hybridized carbons (Fsp3) is 0.244. The zero-order valence-electron chi connectivity index (χ0n) is 25.3. The molecule has 3 heteroatoms. The molecular formula is C41H34N2O. The SMILES string of the molecule is CC1C=Cc2c(oc3c2C=CC2C3c3ccccc3C2(C)C)C1c1ccc(C#N)cc1-n1c2c(c3ccccc31)C=CCC2. The third kappa shape index (κ3) is 3.32. The molecule has 214 valence electrons. The monoisotopic (exact) mass is 570 g/mol. The summed E-state index contributed by atoms with van der Waals surface area (Å²) in [5.74, 6) is 2.98. The molecule has 0 amide bonds. The van der Waals surface area contributed by atoms with Gasteiger partial charge >= 0.3 is 0 Å². The molecular weight excluding hydrogens is 536 g/mol. The number of aromatic nitrogens is 1. The third-order valence-electron chi connectivity index (χ3n) is 10.9. The van der Waals surface area contributed by atoms with E-state index in [-0.39, 0.29) is 23.2 Å². The van der Waals surface area contributed by atoms with Crippen LogP contribution < -0.4 is 0 Å². The maximum Gasteiger partial charge on any atom is 0.120 e. The molecule has 9 rings (SSSR count). The topological polar surface area (TPSA) is 41.9 Å². The van der Waals surface area contributed by atoms with E-state index in [0.29, 0.717) is 11.5 Å². The lowest BCUT2D eigenvalue weighted by Crippen LogP contribution is -2.26. The molecule has 0 aliphatic heterocycles. The smallest absolute Gasteiger partial charge is 0.120 e. The Hall–Kier alpha value is -4.81. The third-order valence-corrected chi connectivity index (χ3v) is 10.9. The van der Waals surface area contributed by atoms with E-state index in [1.165, 1.54) is 50.0 Å². The van der Waals surface area contributed by atoms with E-state index in [4.69, 9.17) is 4.42 Å². The molecule has 0 N–H and O–H groups in total. The highest BCUT2D eigenvalue weighted by Gasteiger charge is 2.50. The highest BCUT2D eigenvalue weighted by atomic mass is 16.3. The Labute approximate surface area is 258 Å². The van der Waals surface area contributed by atoms with Crippen LogP contribution in [0.3, 0.4) is 0 Å². The number of furan rings is 1. The first-order valence-electron chi connectivity index (χ1n) is 15.9. The largest absolute Gasteiger partial charge is 0.463 e. The molecule has 3 aromatic carbocycles. The number of benzene rings is 3. The van der Waals surface area contributed by atoms with Crippen LogP contribution in [-0.4, -0.2) is 4.57 Å². The molecule has 0 spiro atoms. The number of fused-ring (bicyclic) bond motifs is 10. The second kappa shape index (κ2) is 9.10. The molecule has 0 bridgehead atoms. The van der Waals surface area contributed by atoms with Crippen LogP contribution in [-0.2, 0) is 11.8 Å². The van der Waals surface area contributed by atoms with E-state index in [1.807, 2.05) is 6.07 Å². The van der Waals surface area contributed by atoms with Gasteiger partial charge in [-0.2, -0.15) is 5.26 Å². The van der Waals surface area contributed by atoms with Gasteiger partial charge in [0.2, 0.25) is 0 Å². The Morgan fingerprint density at radius 2 is 1.61 bits per heavy atom. The van der Waals surface area contributed by atoms with Gasteiger partial charge in [0.15, 0.2) is 0 Å². The number of nitrogens with zero attached hydrogens (tertiary/aromatic N) is 2. The average Bonchev–Trinajstić information content (AvgIpc) is 3.67. The van der Waals surface area contributed by atoms with Crippen molar-refractivity contribution in [1.29, 1.82) is 5.26 Å². The first kappa shape index (κ1) is 25.7. The Morgan fingerprint density at radius 3 is 2.48 bits per heavy atom. The van der Waals surface area contributed by atoms with E-state index >= 15 is 0 Å². The maximum absolute atomic E-state index is 10.0. The van der Waals surface area contributed by atoms with Crippen LogP contribution in [0.1, 0.15) is 95.2 Å². The fourth-order valence-electron chi connectivity index (χ4n) is 8.84. The van der Waals surface area contributed by atoms with Crippen LogP contribution in [0.2, 0.25) is 0 Å². The molecule has 2 heterocycles. The van der Waals surface area contributed by atoms with Gasteiger partial charge in [-0.1, -0.05) is 106 Å². The van der Waals surface area contributed by atoms with Gasteiger partial charge in [-0.15, -0.1) is 0 Å². The molecule has 2 aromatic heterocycles. The van der Waals surface area contributed by atoms with Crippen LogP contribution in [0.5, 0.6) is 0 Å². The summed E-state index contributed by atoms with van der Waals surface area (Å²) in [5.41, 5.74) is 12.1. The summed E-state index contributed by atoms with van der Waals surface area (Å²) in [6.07, 6.45) is 15.9. The van der Waals surface area contributed by atoms with Crippen molar-refractivity contribution >= 4 is 29.1 Å². The zero-order valence-corrected chi connectivity index (χ0v) is 25.3. The molecule has 0 radical (unpaired) electrons. The van der Waals surface area contributed by atoms with Gasteiger partial charge in [-0.25, -0.2) is 0 Å². The number of allylic oxidation sites excluding steroid dienone is 3. The van der Waals surface area contributed by atoms with E-state index in [9.17, 15) is 5.26 Å². The normalized spacial score (nSPS) is 23.5. The van der Waals surface area contributed by atoms with Crippen molar-refractivity contribution in [3.8, 4) is 11.8 Å². The summed E-state index contributed by atoms with van der Waals surface area (Å²) in [5, 5.41) is 11.3. The van der Waals surface area contributed by atoms with Gasteiger partial charge < -0.3 is 8.98 Å². The van der Waals surface area contributed by atoms with Gasteiger partial charge in [0.1, 0.15) is 11.5 Å². The minimum absolute atomic E-state index is 0.0239. The molecule has 4 atom stereocenters. The quantitative estimate of drug-likeness (QED) is 0.212. The van der Waals surface area contributed by atoms with Crippen LogP contribution in [0.4, 0.5) is 0 Å². The summed E-state index contributed by atoms with van der Waals surface area (Å²) < 4.78 is 9.61. The molecule has 4 aliphatic rings. The van der Waals surface area contributed by atoms with Crippen molar-refractivity contribution < 1.29 is 4.42 Å². The van der Waals surface area contributed by atoms with Crippen molar-refractivity contribution in [2.24, 2.45) is 11.8 Å². The molecule has 4 aliphatic carbocycles. The summed E-state index contributed by atoms with van der Waals surface area (Å²) in [6.45, 7) is 7.05. The Kier molecular flexibility index (Phi) is 5.31. The van der Waals surface area contributed by atoms with Crippen molar-refractivity contribution in [3.05, 3.63) is 141 Å². The van der Waals surface area contributed by atoms with Gasteiger partial charge in [-0.3, -0.25) is 0 Å². The zero-order chi connectivity index (χ0) is 29.7. The molecule has 3 nitrogen and oxygen atoms in total. The van der Waals surface area contributed by atoms with E-state index in [2.05, 4.69) is 129 Å². The first-order chi connectivity index (χ1) is 21.5. The first-order valence-corrected chi connectivity index (χ1v) is 15.9. The Bertz CT molecular complexity index is 2160. The van der Waals surface area contributed by atoms with Crippen LogP contribution in [0, 0.1) is 23.2 Å². The average molecular weight is 571 g/mol. The summed E-state index contributed by atoms with van der Waals surface area (Å²) >= 11 is 0. The number of hydrogen-bond acceptors (Lipinski definition) is 2. The maximum atomic E-state index is 10.0. The van der Waals surface area contributed by atoms with Crippen molar-refractivity contribution in [2.75, 3.05) is 0 Å². The van der Waals surface area contributed by atoms with Gasteiger partial charge in [-0.05, 0) is 59.1 Å². The minimum Gasteiger partial charge on any atom is -0.463 e. The number of hydrogen-bond donors (Lipinski definition) is 0. The molecule has 0 saturated carbocycles. The van der Waals surface area contributed by atoms with Gasteiger partial charge in [0.25, 0.3) is 0 Å². The summed E-state index contributed by atoms with van der Waals surface area (Å²) in [4.78, 5) is 0. The molecule has 0 saturated heterocycles. The Balaban J connectivity index is 1.27. The second-order valence-electron chi connectivity index (χ2n) is 13.6. The predicted octanol–water partition coefficient (Wildman–Crippen LogP) is 9.92. The van der Waals surface area contributed by atoms with E-state index < -0.39 is 0 Å². The standard InChI is InChI=1S/C41H34N2O/c1-24-16-18-28-29-20-21-33-38(30-12-4-7-13-32(30)41(33,2)3)40(29)44-39(28)37(24)31-19-17-25(23-42)22-36(31)43-34-14-8-5-10-26(34)27-11-6-9-15-35(27)43/h4-8,10-14,16-22,24,33,37-38H,9,15H2,1-3H3. The van der Waals surface area contributed by atoms with Crippen molar-refractivity contribution in [1.82, 2.24) is 4.57 Å². The van der Waals surface area contributed by atoms with Crippen LogP contribution in [0.25, 0.3) is 34.8 Å². The second-order valence-corrected chi connectivity index (χ2v) is 13.6. The summed E-state index contributed by atoms with van der Waals surface area (Å²) in [6, 6.07) is 26.3. The lowest BCUT2D eigenvalue weighted by molar-refractivity contribution is 0.339. The predicted molar refractivity (Wildman–Crippen MR) is 178 cm³/mol. The highest BCUT2D eigenvalue weighted by Crippen LogP contribution is 2.58. The fourth-order valence-corrected chi connectivity index (χ4v) is 8.84. The molecule has 4 unspecified atom stereocenters. The lowest BCUT2D eigenvalue weighted by Gasteiger charge is -2.30.